The maximum absolute atomic E-state index is 5.52. The van der Waals surface area contributed by atoms with Crippen LogP contribution in [0.5, 0.6) is 0 Å². The van der Waals surface area contributed by atoms with E-state index in [0.29, 0.717) is 0 Å². The highest BCUT2D eigenvalue weighted by Crippen LogP contribution is 2.34. The highest BCUT2D eigenvalue weighted by molar-refractivity contribution is 8.00. The molecule has 1 aromatic rings. The second kappa shape index (κ2) is 8.64. The van der Waals surface area contributed by atoms with Crippen LogP contribution in [0.1, 0.15) is 25.5 Å². The van der Waals surface area contributed by atoms with E-state index in [4.69, 9.17) is 9.73 Å². The highest BCUT2D eigenvalue weighted by Gasteiger charge is 2.31. The third-order valence-electron chi connectivity index (χ3n) is 4.50. The van der Waals surface area contributed by atoms with Crippen molar-refractivity contribution >= 4 is 17.7 Å². The van der Waals surface area contributed by atoms with Gasteiger partial charge in [-0.15, -0.1) is 0 Å². The lowest BCUT2D eigenvalue weighted by molar-refractivity contribution is 0.0793. The molecule has 0 atom stereocenters. The summed E-state index contributed by atoms with van der Waals surface area (Å²) in [4.78, 5) is 7.14. The van der Waals surface area contributed by atoms with Crippen LogP contribution >= 0.6 is 11.8 Å². The Morgan fingerprint density at radius 2 is 2.22 bits per heavy atom. The molecule has 0 saturated carbocycles. The number of thioether (sulfide) groups is 1. The Morgan fingerprint density at radius 3 is 2.78 bits per heavy atom. The lowest BCUT2D eigenvalue weighted by atomic mass is 9.99. The van der Waals surface area contributed by atoms with Gasteiger partial charge in [-0.1, -0.05) is 0 Å². The van der Waals surface area contributed by atoms with Crippen LogP contribution < -0.4 is 5.32 Å². The first-order valence-corrected chi connectivity index (χ1v) is 9.55. The predicted octanol–water partition coefficient (Wildman–Crippen LogP) is 2.33. The molecule has 0 amide bonds. The summed E-state index contributed by atoms with van der Waals surface area (Å²) in [7, 11) is 4.18. The zero-order valence-electron chi connectivity index (χ0n) is 14.8. The van der Waals surface area contributed by atoms with E-state index in [1.54, 1.807) is 0 Å². The summed E-state index contributed by atoms with van der Waals surface area (Å²) in [5, 5.41) is 3.42. The number of guanidine groups is 1. The van der Waals surface area contributed by atoms with Gasteiger partial charge in [-0.2, -0.15) is 11.8 Å². The summed E-state index contributed by atoms with van der Waals surface area (Å²) < 4.78 is 7.90. The Bertz CT molecular complexity index is 508. The molecular formula is C17H30N4OS. The van der Waals surface area contributed by atoms with Crippen molar-refractivity contribution in [2.75, 3.05) is 39.6 Å². The number of ether oxygens (including phenoxy) is 1. The molecule has 0 aromatic carbocycles. The molecule has 6 heteroatoms. The smallest absolute Gasteiger partial charge is 0.194 e. The number of nitrogens with one attached hydrogen (secondary N) is 1. The van der Waals surface area contributed by atoms with E-state index in [9.17, 15) is 0 Å². The van der Waals surface area contributed by atoms with Crippen LogP contribution in [0.15, 0.2) is 23.3 Å². The summed E-state index contributed by atoms with van der Waals surface area (Å²) in [6, 6.07) is 4.24. The SMILES string of the molecule is CCNC(=NCC1(SC)CCOCC1)N(C)Cc1cccn1C. The minimum Gasteiger partial charge on any atom is -0.381 e. The Balaban J connectivity index is 2.05. The normalized spacial score (nSPS) is 18.0. The molecule has 1 aliphatic heterocycles. The summed E-state index contributed by atoms with van der Waals surface area (Å²) in [5.74, 6) is 0.980. The zero-order chi connectivity index (χ0) is 16.7. The first-order chi connectivity index (χ1) is 11.1. The number of aromatic nitrogens is 1. The topological polar surface area (TPSA) is 41.8 Å². The molecule has 1 N–H and O–H groups in total. The van der Waals surface area contributed by atoms with E-state index in [1.807, 2.05) is 11.8 Å². The van der Waals surface area contributed by atoms with Gasteiger partial charge in [0.05, 0.1) is 13.1 Å². The summed E-state index contributed by atoms with van der Waals surface area (Å²) in [6.45, 7) is 6.40. The maximum atomic E-state index is 5.52. The van der Waals surface area contributed by atoms with Gasteiger partial charge in [0.25, 0.3) is 0 Å². The summed E-state index contributed by atoms with van der Waals surface area (Å²) >= 11 is 1.94. The van der Waals surface area contributed by atoms with Gasteiger partial charge in [0.15, 0.2) is 5.96 Å². The molecule has 1 aliphatic rings. The molecule has 5 nitrogen and oxygen atoms in total. The Hall–Kier alpha value is -1.14. The molecule has 2 heterocycles. The van der Waals surface area contributed by atoms with Crippen molar-refractivity contribution in [1.29, 1.82) is 0 Å². The third kappa shape index (κ3) is 4.91. The van der Waals surface area contributed by atoms with Crippen LogP contribution in [0.2, 0.25) is 0 Å². The molecule has 2 rings (SSSR count). The number of aryl methyl sites for hydroxylation is 1. The van der Waals surface area contributed by atoms with Gasteiger partial charge in [0.1, 0.15) is 0 Å². The molecular weight excluding hydrogens is 308 g/mol. The van der Waals surface area contributed by atoms with Crippen molar-refractivity contribution in [3.63, 3.8) is 0 Å². The van der Waals surface area contributed by atoms with E-state index in [1.165, 1.54) is 5.69 Å². The molecule has 130 valence electrons. The Morgan fingerprint density at radius 1 is 1.48 bits per heavy atom. The molecule has 0 aliphatic carbocycles. The quantitative estimate of drug-likeness (QED) is 0.638. The molecule has 0 bridgehead atoms. The highest BCUT2D eigenvalue weighted by atomic mass is 32.2. The molecule has 1 saturated heterocycles. The van der Waals surface area contributed by atoms with Gasteiger partial charge in [-0.3, -0.25) is 4.99 Å². The molecule has 23 heavy (non-hydrogen) atoms. The second-order valence-electron chi connectivity index (χ2n) is 6.14. The minimum absolute atomic E-state index is 0.227. The van der Waals surface area contributed by atoms with E-state index in [0.717, 1.165) is 51.6 Å². The maximum Gasteiger partial charge on any atom is 0.194 e. The predicted molar refractivity (Wildman–Crippen MR) is 99.2 cm³/mol. The first kappa shape index (κ1) is 18.2. The summed E-state index contributed by atoms with van der Waals surface area (Å²) in [6.07, 6.45) is 6.44. The van der Waals surface area contributed by atoms with E-state index < -0.39 is 0 Å². The van der Waals surface area contributed by atoms with Crippen molar-refractivity contribution in [2.45, 2.75) is 31.1 Å². The summed E-state index contributed by atoms with van der Waals surface area (Å²) in [5.41, 5.74) is 1.28. The largest absolute Gasteiger partial charge is 0.381 e. The van der Waals surface area contributed by atoms with Gasteiger partial charge in [-0.05, 0) is 38.2 Å². The molecule has 0 radical (unpaired) electrons. The van der Waals surface area contributed by atoms with Crippen molar-refractivity contribution < 1.29 is 4.74 Å². The van der Waals surface area contributed by atoms with Gasteiger partial charge in [0.2, 0.25) is 0 Å². The van der Waals surface area contributed by atoms with Gasteiger partial charge in [0, 0.05) is 50.5 Å². The zero-order valence-corrected chi connectivity index (χ0v) is 15.7. The van der Waals surface area contributed by atoms with Crippen LogP contribution in [0.3, 0.4) is 0 Å². The van der Waals surface area contributed by atoms with Crippen molar-refractivity contribution in [1.82, 2.24) is 14.8 Å². The number of hydrogen-bond donors (Lipinski definition) is 1. The van der Waals surface area contributed by atoms with Crippen LogP contribution in [-0.2, 0) is 18.3 Å². The minimum atomic E-state index is 0.227. The van der Waals surface area contributed by atoms with E-state index in [2.05, 4.69) is 60.4 Å². The van der Waals surface area contributed by atoms with Crippen LogP contribution in [0, 0.1) is 0 Å². The van der Waals surface area contributed by atoms with E-state index in [-0.39, 0.29) is 4.75 Å². The number of aliphatic imine (C=N–C) groups is 1. The van der Waals surface area contributed by atoms with Gasteiger partial charge >= 0.3 is 0 Å². The molecule has 0 unspecified atom stereocenters. The fraction of sp³-hybridized carbons (Fsp3) is 0.706. The van der Waals surface area contributed by atoms with Gasteiger partial charge < -0.3 is 19.5 Å². The Kier molecular flexibility index (Phi) is 6.84. The second-order valence-corrected chi connectivity index (χ2v) is 7.41. The standard InChI is InChI=1S/C17H30N4OS/c1-5-18-16(21(3)13-15-7-6-10-20(15)2)19-14-17(23-4)8-11-22-12-9-17/h6-7,10H,5,8-9,11-14H2,1-4H3,(H,18,19). The lowest BCUT2D eigenvalue weighted by Gasteiger charge is -2.34. The van der Waals surface area contributed by atoms with Crippen molar-refractivity contribution in [2.24, 2.45) is 12.0 Å². The van der Waals surface area contributed by atoms with Crippen molar-refractivity contribution in [3.8, 4) is 0 Å². The van der Waals surface area contributed by atoms with Crippen LogP contribution in [0.25, 0.3) is 0 Å². The Labute approximate surface area is 144 Å². The van der Waals surface area contributed by atoms with Crippen molar-refractivity contribution in [3.05, 3.63) is 24.0 Å². The number of nitrogens with zero attached hydrogens (tertiary/aromatic N) is 3. The molecule has 0 spiro atoms. The fourth-order valence-corrected chi connectivity index (χ4v) is 3.61. The van der Waals surface area contributed by atoms with Crippen LogP contribution in [0.4, 0.5) is 0 Å². The number of rotatable bonds is 6. The molecule has 1 aromatic heterocycles. The fourth-order valence-electron chi connectivity index (χ4n) is 2.84. The lowest BCUT2D eigenvalue weighted by Crippen LogP contribution is -2.41. The van der Waals surface area contributed by atoms with Gasteiger partial charge in [-0.25, -0.2) is 0 Å². The average Bonchev–Trinajstić information content (AvgIpc) is 2.97. The monoisotopic (exact) mass is 338 g/mol. The molecule has 1 fully saturated rings. The third-order valence-corrected chi connectivity index (χ3v) is 5.90. The van der Waals surface area contributed by atoms with Crippen LogP contribution in [-0.4, -0.2) is 59.8 Å². The average molecular weight is 339 g/mol. The first-order valence-electron chi connectivity index (χ1n) is 8.33. The van der Waals surface area contributed by atoms with E-state index >= 15 is 0 Å². The number of hydrogen-bond acceptors (Lipinski definition) is 3.